The number of hydrogen-bond donors (Lipinski definition) is 1. The average Bonchev–Trinajstić information content (AvgIpc) is 3.54. The number of carbonyl (C=O) groups is 1. The molecular weight excluding hydrogens is 532 g/mol. The zero-order chi connectivity index (χ0) is 28.6. The monoisotopic (exact) mass is 566 g/mol. The molecule has 1 fully saturated rings. The minimum atomic E-state index is -3.16. The van der Waals surface area contributed by atoms with E-state index in [1.807, 2.05) is 0 Å². The summed E-state index contributed by atoms with van der Waals surface area (Å²) < 4.78 is 43.1. The minimum absolute atomic E-state index is 0.00380. The van der Waals surface area contributed by atoms with Gasteiger partial charge in [0.1, 0.15) is 18.4 Å². The molecule has 0 saturated carbocycles. The Bertz CT molecular complexity index is 1240. The van der Waals surface area contributed by atoms with Gasteiger partial charge in [0.05, 0.1) is 44.7 Å². The smallest absolute Gasteiger partial charge is 0.488 e. The van der Waals surface area contributed by atoms with Crippen LogP contribution in [0.25, 0.3) is 11.2 Å². The van der Waals surface area contributed by atoms with Crippen molar-refractivity contribution in [1.29, 1.82) is 0 Å². The van der Waals surface area contributed by atoms with Gasteiger partial charge in [0.15, 0.2) is 11.2 Å². The number of fused-ring (bicyclic) bond motifs is 1. The number of hydrogen-bond acceptors (Lipinski definition) is 10. The van der Waals surface area contributed by atoms with Crippen molar-refractivity contribution in [2.24, 2.45) is 0 Å². The lowest BCUT2D eigenvalue weighted by Gasteiger charge is -2.34. The molecule has 1 saturated heterocycles. The average molecular weight is 567 g/mol. The first kappa shape index (κ1) is 30.6. The van der Waals surface area contributed by atoms with E-state index in [1.165, 1.54) is 53.7 Å². The van der Waals surface area contributed by atoms with E-state index in [-0.39, 0.29) is 29.0 Å². The molecule has 0 radical (unpaired) electrons. The standard InChI is InChI=1S/C17H14FN4O7P.C8H20N/c18-17-20-14-13(15(21-17)28-16(24)9-4-2-1-3-5-9)19-8-22(14)12-6-10(29-30(25)26)11(7-23)27-12;1-5-9(6-2,7-3)8-4/h1-5,8,10-12,23H,6-7H2;5-8H2,1-4H3/q;+1/t10-,11+,12+;/m0./s1. The molecule has 0 aliphatic carbocycles. The van der Waals surface area contributed by atoms with Gasteiger partial charge in [-0.25, -0.2) is 9.78 Å². The number of esters is 1. The van der Waals surface area contributed by atoms with E-state index in [1.54, 1.807) is 18.2 Å². The van der Waals surface area contributed by atoms with Crippen molar-refractivity contribution in [1.82, 2.24) is 19.5 Å². The van der Waals surface area contributed by atoms with Crippen LogP contribution in [0.2, 0.25) is 0 Å². The Kier molecular flexibility index (Phi) is 10.9. The second kappa shape index (κ2) is 13.9. The van der Waals surface area contributed by atoms with Gasteiger partial charge in [-0.15, -0.1) is 4.52 Å². The summed E-state index contributed by atoms with van der Waals surface area (Å²) in [4.78, 5) is 34.4. The van der Waals surface area contributed by atoms with Crippen LogP contribution in [0.15, 0.2) is 36.7 Å². The molecule has 3 aromatic rings. The number of quaternary nitrogens is 1. The highest BCUT2D eigenvalue weighted by Gasteiger charge is 2.41. The van der Waals surface area contributed by atoms with E-state index in [2.05, 4.69) is 42.6 Å². The zero-order valence-electron chi connectivity index (χ0n) is 22.4. The van der Waals surface area contributed by atoms with Crippen molar-refractivity contribution in [2.75, 3.05) is 32.8 Å². The van der Waals surface area contributed by atoms with Crippen molar-refractivity contribution in [2.45, 2.75) is 52.6 Å². The highest BCUT2D eigenvalue weighted by molar-refractivity contribution is 7.30. The summed E-state index contributed by atoms with van der Waals surface area (Å²) in [7, 11) is -3.16. The third kappa shape index (κ3) is 7.38. The molecule has 4 rings (SSSR count). The van der Waals surface area contributed by atoms with Crippen LogP contribution >= 0.6 is 8.25 Å². The molecule has 0 bridgehead atoms. The molecule has 1 aliphatic rings. The summed E-state index contributed by atoms with van der Waals surface area (Å²) in [5, 5.41) is 9.40. The number of nitrogens with zero attached hydrogens (tertiary/aromatic N) is 5. The van der Waals surface area contributed by atoms with Crippen molar-refractivity contribution in [3.05, 3.63) is 48.3 Å². The number of aliphatic hydroxyl groups is 1. The van der Waals surface area contributed by atoms with Crippen molar-refractivity contribution in [3.63, 3.8) is 0 Å². The van der Waals surface area contributed by atoms with Crippen molar-refractivity contribution in [3.8, 4) is 5.88 Å². The van der Waals surface area contributed by atoms with Crippen LogP contribution in [0.3, 0.4) is 0 Å². The van der Waals surface area contributed by atoms with Crippen LogP contribution in [0.4, 0.5) is 4.39 Å². The lowest BCUT2D eigenvalue weighted by Crippen LogP contribution is -2.47. The van der Waals surface area contributed by atoms with Gasteiger partial charge in [0.2, 0.25) is 0 Å². The Morgan fingerprint density at radius 3 is 2.36 bits per heavy atom. The summed E-state index contributed by atoms with van der Waals surface area (Å²) in [5.74, 6) is -1.13. The molecule has 1 unspecified atom stereocenters. The summed E-state index contributed by atoms with van der Waals surface area (Å²) in [6.07, 6.45) is -2.56. The van der Waals surface area contributed by atoms with Crippen LogP contribution < -0.4 is 9.63 Å². The second-order valence-corrected chi connectivity index (χ2v) is 9.56. The summed E-state index contributed by atoms with van der Waals surface area (Å²) >= 11 is 0. The Morgan fingerprint density at radius 1 is 1.18 bits per heavy atom. The van der Waals surface area contributed by atoms with E-state index in [0.29, 0.717) is 0 Å². The van der Waals surface area contributed by atoms with Gasteiger partial charge in [-0.2, -0.15) is 14.4 Å². The number of aromatic nitrogens is 4. The molecule has 1 aromatic carbocycles. The van der Waals surface area contributed by atoms with Gasteiger partial charge < -0.3 is 24.0 Å². The molecule has 0 amide bonds. The lowest BCUT2D eigenvalue weighted by molar-refractivity contribution is -0.921. The topological polar surface area (TPSA) is 149 Å². The Morgan fingerprint density at radius 2 is 1.82 bits per heavy atom. The Hall–Kier alpha value is -2.93. The first-order valence-corrected chi connectivity index (χ1v) is 13.9. The molecule has 2 aromatic heterocycles. The van der Waals surface area contributed by atoms with Gasteiger partial charge in [0.25, 0.3) is 5.88 Å². The van der Waals surface area contributed by atoms with E-state index in [4.69, 9.17) is 14.0 Å². The normalized spacial score (nSPS) is 19.5. The third-order valence-corrected chi connectivity index (χ3v) is 7.58. The fourth-order valence-corrected chi connectivity index (χ4v) is 4.91. The van der Waals surface area contributed by atoms with Gasteiger partial charge >= 0.3 is 20.3 Å². The molecular formula is C25H34FN5O7P+. The van der Waals surface area contributed by atoms with E-state index < -0.39 is 45.3 Å². The van der Waals surface area contributed by atoms with Gasteiger partial charge in [0, 0.05) is 6.42 Å². The predicted molar refractivity (Wildman–Crippen MR) is 137 cm³/mol. The van der Waals surface area contributed by atoms with Crippen LogP contribution in [-0.4, -0.2) is 80.1 Å². The van der Waals surface area contributed by atoms with Crippen LogP contribution in [0.1, 0.15) is 50.7 Å². The second-order valence-electron chi connectivity index (χ2n) is 8.90. The molecule has 12 nitrogen and oxygen atoms in total. The summed E-state index contributed by atoms with van der Waals surface area (Å²) in [6, 6.07) is 8.06. The van der Waals surface area contributed by atoms with Crippen LogP contribution in [-0.2, 0) is 13.8 Å². The maximum absolute atomic E-state index is 14.0. The Labute approximate surface area is 226 Å². The van der Waals surface area contributed by atoms with E-state index in [9.17, 15) is 23.7 Å². The third-order valence-electron chi connectivity index (χ3n) is 7.14. The van der Waals surface area contributed by atoms with Crippen LogP contribution in [0.5, 0.6) is 5.88 Å². The van der Waals surface area contributed by atoms with Crippen LogP contribution in [0, 0.1) is 6.08 Å². The molecule has 1 N–H and O–H groups in total. The summed E-state index contributed by atoms with van der Waals surface area (Å²) in [5.41, 5.74) is 0.206. The maximum Gasteiger partial charge on any atom is 0.488 e. The molecule has 212 valence electrons. The number of rotatable bonds is 10. The number of halogens is 1. The molecule has 3 heterocycles. The fraction of sp³-hybridized carbons (Fsp3) is 0.520. The quantitative estimate of drug-likeness (QED) is 0.168. The molecule has 14 heteroatoms. The van der Waals surface area contributed by atoms with Gasteiger partial charge in [-0.05, 0) is 44.4 Å². The van der Waals surface area contributed by atoms with E-state index in [0.717, 1.165) is 0 Å². The highest BCUT2D eigenvalue weighted by atomic mass is 31.1. The molecule has 0 spiro atoms. The maximum atomic E-state index is 14.0. The molecule has 1 aliphatic heterocycles. The first-order valence-electron chi connectivity index (χ1n) is 12.8. The number of benzene rings is 1. The number of ether oxygens (including phenoxy) is 2. The predicted octanol–water partition coefficient (Wildman–Crippen LogP) is 2.75. The first-order chi connectivity index (χ1) is 18.7. The molecule has 39 heavy (non-hydrogen) atoms. The fourth-order valence-electron chi connectivity index (χ4n) is 4.47. The van der Waals surface area contributed by atoms with Crippen molar-refractivity contribution < 1.29 is 42.2 Å². The number of imidazole rings is 1. The van der Waals surface area contributed by atoms with Gasteiger partial charge in [-0.3, -0.25) is 4.57 Å². The largest absolute Gasteiger partial charge is 0.566 e. The summed E-state index contributed by atoms with van der Waals surface area (Å²) in [6.45, 7) is 13.7. The highest BCUT2D eigenvalue weighted by Crippen LogP contribution is 2.36. The Balaban J connectivity index is 0.000000403. The minimum Gasteiger partial charge on any atom is -0.566 e. The lowest BCUT2D eigenvalue weighted by atomic mass is 10.2. The number of carbonyl (C=O) groups excluding carboxylic acids is 1. The number of aliphatic hydroxyl groups excluding tert-OH is 1. The van der Waals surface area contributed by atoms with Crippen molar-refractivity contribution >= 4 is 25.4 Å². The van der Waals surface area contributed by atoms with Gasteiger partial charge in [-0.1, -0.05) is 18.2 Å². The zero-order valence-corrected chi connectivity index (χ0v) is 23.3. The van der Waals surface area contributed by atoms with E-state index >= 15 is 0 Å². The SMILES string of the molecule is CC[N+](CC)(CC)CC.O=C(Oc1nc(F)nc2c1ncn2[C@H]1C[C@H](O[P+](=O)[O-])[C@@H](CO)O1)c1ccccc1. The molecule has 4 atom stereocenters.